The van der Waals surface area contributed by atoms with Gasteiger partial charge in [-0.2, -0.15) is 0 Å². The van der Waals surface area contributed by atoms with Gasteiger partial charge < -0.3 is 15.2 Å². The molecule has 1 saturated heterocycles. The maximum Gasteiger partial charge on any atom is 0.313 e. The van der Waals surface area contributed by atoms with Gasteiger partial charge >= 0.3 is 5.97 Å². The van der Waals surface area contributed by atoms with E-state index in [1.54, 1.807) is 0 Å². The molecule has 2 atom stereocenters. The van der Waals surface area contributed by atoms with Crippen LogP contribution in [0.1, 0.15) is 46.5 Å². The highest BCUT2D eigenvalue weighted by molar-refractivity contribution is 5.77. The van der Waals surface area contributed by atoms with Crippen molar-refractivity contribution in [2.75, 3.05) is 19.8 Å². The van der Waals surface area contributed by atoms with Gasteiger partial charge in [-0.1, -0.05) is 13.8 Å². The van der Waals surface area contributed by atoms with Crippen LogP contribution >= 0.6 is 0 Å². The van der Waals surface area contributed by atoms with Gasteiger partial charge in [-0.05, 0) is 38.5 Å². The Kier molecular flexibility index (Phi) is 6.09. The molecule has 1 rings (SSSR count). The van der Waals surface area contributed by atoms with E-state index in [4.69, 9.17) is 15.2 Å². The zero-order valence-corrected chi connectivity index (χ0v) is 11.9. The minimum atomic E-state index is -0.554. The summed E-state index contributed by atoms with van der Waals surface area (Å²) in [4.78, 5) is 12.2. The van der Waals surface area contributed by atoms with E-state index < -0.39 is 5.41 Å². The number of hydrogen-bond donors (Lipinski definition) is 1. The molecule has 1 fully saturated rings. The van der Waals surface area contributed by atoms with Crippen molar-refractivity contribution in [2.45, 2.75) is 52.6 Å². The molecular formula is C14H27NO3. The fraction of sp³-hybridized carbons (Fsp3) is 0.929. The van der Waals surface area contributed by atoms with Crippen LogP contribution in [-0.2, 0) is 14.3 Å². The Labute approximate surface area is 110 Å². The summed E-state index contributed by atoms with van der Waals surface area (Å²) in [7, 11) is 0. The molecule has 4 heteroatoms. The summed E-state index contributed by atoms with van der Waals surface area (Å²) in [6, 6.07) is 0. The molecule has 0 radical (unpaired) electrons. The third-order valence-corrected chi connectivity index (χ3v) is 4.09. The van der Waals surface area contributed by atoms with E-state index >= 15 is 0 Å². The van der Waals surface area contributed by atoms with E-state index in [-0.39, 0.29) is 11.9 Å². The normalized spacial score (nSPS) is 23.1. The average molecular weight is 257 g/mol. The van der Waals surface area contributed by atoms with E-state index in [0.717, 1.165) is 32.3 Å². The number of carbonyl (C=O) groups is 1. The Balaban J connectivity index is 2.66. The van der Waals surface area contributed by atoms with Crippen molar-refractivity contribution < 1.29 is 14.3 Å². The van der Waals surface area contributed by atoms with Crippen LogP contribution in [0.2, 0.25) is 0 Å². The summed E-state index contributed by atoms with van der Waals surface area (Å²) in [6.07, 6.45) is 4.17. The number of esters is 1. The van der Waals surface area contributed by atoms with Gasteiger partial charge in [-0.3, -0.25) is 4.79 Å². The van der Waals surface area contributed by atoms with Gasteiger partial charge in [0, 0.05) is 13.2 Å². The number of hydrogen-bond acceptors (Lipinski definition) is 4. The molecule has 0 saturated carbocycles. The lowest BCUT2D eigenvalue weighted by Crippen LogP contribution is -2.44. The second-order valence-corrected chi connectivity index (χ2v) is 5.41. The topological polar surface area (TPSA) is 61.5 Å². The zero-order valence-electron chi connectivity index (χ0n) is 11.9. The van der Waals surface area contributed by atoms with Crippen molar-refractivity contribution in [3.8, 4) is 0 Å². The van der Waals surface area contributed by atoms with Crippen LogP contribution in [0, 0.1) is 11.3 Å². The van der Waals surface area contributed by atoms with Gasteiger partial charge in [0.25, 0.3) is 0 Å². The minimum Gasteiger partial charge on any atom is -0.466 e. The number of carbonyl (C=O) groups excluding carboxylic acids is 1. The van der Waals surface area contributed by atoms with Gasteiger partial charge in [0.1, 0.15) is 0 Å². The summed E-state index contributed by atoms with van der Waals surface area (Å²) >= 11 is 0. The third kappa shape index (κ3) is 3.45. The standard InChI is InChI=1S/C14H27NO3/c1-4-17-13(16)14(10-15,11(2)3)8-7-12-6-5-9-18-12/h11-12H,4-10,15H2,1-3H3. The third-order valence-electron chi connectivity index (χ3n) is 4.09. The van der Waals surface area contributed by atoms with Crippen LogP contribution in [0.4, 0.5) is 0 Å². The molecule has 0 aromatic rings. The molecule has 1 heterocycles. The molecule has 2 unspecified atom stereocenters. The zero-order chi connectivity index (χ0) is 13.6. The molecular weight excluding hydrogens is 230 g/mol. The average Bonchev–Trinajstić information content (AvgIpc) is 2.83. The molecule has 0 aromatic carbocycles. The van der Waals surface area contributed by atoms with E-state index in [9.17, 15) is 4.79 Å². The van der Waals surface area contributed by atoms with Crippen LogP contribution in [0.3, 0.4) is 0 Å². The summed E-state index contributed by atoms with van der Waals surface area (Å²) in [5.74, 6) is 0.0310. The van der Waals surface area contributed by atoms with Gasteiger partial charge in [0.05, 0.1) is 18.1 Å². The number of ether oxygens (including phenoxy) is 2. The summed E-state index contributed by atoms with van der Waals surface area (Å²) in [6.45, 7) is 7.52. The maximum absolute atomic E-state index is 12.2. The van der Waals surface area contributed by atoms with Crippen molar-refractivity contribution in [3.05, 3.63) is 0 Å². The number of nitrogens with two attached hydrogens (primary N) is 1. The second kappa shape index (κ2) is 7.10. The lowest BCUT2D eigenvalue weighted by molar-refractivity contribution is -0.158. The van der Waals surface area contributed by atoms with Crippen molar-refractivity contribution in [1.82, 2.24) is 0 Å². The Hall–Kier alpha value is -0.610. The Bertz CT molecular complexity index is 262. The molecule has 2 N–H and O–H groups in total. The smallest absolute Gasteiger partial charge is 0.313 e. The molecule has 0 aromatic heterocycles. The van der Waals surface area contributed by atoms with E-state index in [1.807, 2.05) is 20.8 Å². The largest absolute Gasteiger partial charge is 0.466 e. The lowest BCUT2D eigenvalue weighted by atomic mass is 9.73. The molecule has 106 valence electrons. The first-order valence-electron chi connectivity index (χ1n) is 7.05. The first-order chi connectivity index (χ1) is 8.56. The van der Waals surface area contributed by atoms with Gasteiger partial charge in [0.15, 0.2) is 0 Å². The molecule has 18 heavy (non-hydrogen) atoms. The quantitative estimate of drug-likeness (QED) is 0.710. The predicted molar refractivity (Wildman–Crippen MR) is 71.2 cm³/mol. The lowest BCUT2D eigenvalue weighted by Gasteiger charge is -2.34. The van der Waals surface area contributed by atoms with E-state index in [2.05, 4.69) is 0 Å². The summed E-state index contributed by atoms with van der Waals surface area (Å²) in [5, 5.41) is 0. The molecule has 0 amide bonds. The van der Waals surface area contributed by atoms with Crippen LogP contribution in [-0.4, -0.2) is 31.8 Å². The second-order valence-electron chi connectivity index (χ2n) is 5.41. The Morgan fingerprint density at radius 2 is 2.28 bits per heavy atom. The molecule has 0 bridgehead atoms. The van der Waals surface area contributed by atoms with Gasteiger partial charge in [0.2, 0.25) is 0 Å². The monoisotopic (exact) mass is 257 g/mol. The maximum atomic E-state index is 12.2. The first kappa shape index (κ1) is 15.4. The highest BCUT2D eigenvalue weighted by Crippen LogP contribution is 2.35. The van der Waals surface area contributed by atoms with Gasteiger partial charge in [-0.15, -0.1) is 0 Å². The fourth-order valence-electron chi connectivity index (χ4n) is 2.61. The van der Waals surface area contributed by atoms with Gasteiger partial charge in [-0.25, -0.2) is 0 Å². The summed E-state index contributed by atoms with van der Waals surface area (Å²) in [5.41, 5.74) is 5.33. The molecule has 1 aliphatic heterocycles. The minimum absolute atomic E-state index is 0.152. The van der Waals surface area contributed by atoms with Crippen LogP contribution in [0.25, 0.3) is 0 Å². The van der Waals surface area contributed by atoms with Crippen LogP contribution in [0.5, 0.6) is 0 Å². The molecule has 0 spiro atoms. The van der Waals surface area contributed by atoms with E-state index in [1.165, 1.54) is 0 Å². The first-order valence-corrected chi connectivity index (χ1v) is 7.05. The van der Waals surface area contributed by atoms with Crippen LogP contribution < -0.4 is 5.73 Å². The van der Waals surface area contributed by atoms with Crippen molar-refractivity contribution in [2.24, 2.45) is 17.1 Å². The Morgan fingerprint density at radius 3 is 2.72 bits per heavy atom. The Morgan fingerprint density at radius 1 is 1.56 bits per heavy atom. The molecule has 4 nitrogen and oxygen atoms in total. The van der Waals surface area contributed by atoms with Crippen LogP contribution in [0.15, 0.2) is 0 Å². The molecule has 0 aliphatic carbocycles. The highest BCUT2D eigenvalue weighted by atomic mass is 16.5. The van der Waals surface area contributed by atoms with E-state index in [0.29, 0.717) is 19.3 Å². The van der Waals surface area contributed by atoms with Crippen molar-refractivity contribution >= 4 is 5.97 Å². The highest BCUT2D eigenvalue weighted by Gasteiger charge is 2.42. The predicted octanol–water partition coefficient (Wildman–Crippen LogP) is 2.11. The molecule has 1 aliphatic rings. The van der Waals surface area contributed by atoms with Crippen molar-refractivity contribution in [1.29, 1.82) is 0 Å². The summed E-state index contributed by atoms with van der Waals surface area (Å²) < 4.78 is 10.8. The van der Waals surface area contributed by atoms with Crippen molar-refractivity contribution in [3.63, 3.8) is 0 Å². The fourth-order valence-corrected chi connectivity index (χ4v) is 2.61. The number of rotatable bonds is 7. The SMILES string of the molecule is CCOC(=O)C(CN)(CCC1CCCO1)C(C)C.